The Morgan fingerprint density at radius 2 is 0.553 bits per heavy atom. The van der Waals surface area contributed by atoms with E-state index in [2.05, 4.69) is 0 Å². The first-order valence-corrected chi connectivity index (χ1v) is 13.4. The summed E-state index contributed by atoms with van der Waals surface area (Å²) >= 11 is 0. The Bertz CT molecular complexity index is 1640. The van der Waals surface area contributed by atoms with Crippen molar-refractivity contribution in [1.29, 1.82) is 0 Å². The van der Waals surface area contributed by atoms with E-state index < -0.39 is 61.1 Å². The van der Waals surface area contributed by atoms with Gasteiger partial charge in [0.25, 0.3) is 22.7 Å². The Labute approximate surface area is 262 Å². The van der Waals surface area contributed by atoms with Crippen LogP contribution in [0, 0.1) is 52.3 Å². The third-order valence-corrected chi connectivity index (χ3v) is 7.19. The third kappa shape index (κ3) is 7.46. The smallest absolute Gasteiger partial charge is 0.269 e. The van der Waals surface area contributed by atoms with E-state index in [0.29, 0.717) is 0 Å². The lowest BCUT2D eigenvalue weighted by molar-refractivity contribution is -0.385. The molecule has 0 aliphatic rings. The van der Waals surface area contributed by atoms with Gasteiger partial charge in [0.2, 0.25) is 0 Å². The van der Waals surface area contributed by atoms with Crippen LogP contribution < -0.4 is 0 Å². The molecule has 0 amide bonds. The average molecular weight is 641 g/mol. The van der Waals surface area contributed by atoms with Gasteiger partial charge in [0.1, 0.15) is 0 Å². The molecule has 4 aromatic rings. The van der Waals surface area contributed by atoms with Crippen LogP contribution in [-0.2, 0) is 0 Å². The lowest BCUT2D eigenvalue weighted by atomic mass is 9.78. The highest BCUT2D eigenvalue weighted by Crippen LogP contribution is 2.30. The number of nitro benzene ring substituents is 4. The standard InChI is InChI=1S/C31H20N4O12/c36-28(18-1-9-22(10-2-18)32(40)41)26(29(37)19-3-11-23(12-4-19)33(42)43)17-27(30(38)20-5-13-24(14-6-20)34(44)45)31(39)21-7-15-25(16-8-21)35(46)47/h1-16,26-27H,17H2. The van der Waals surface area contributed by atoms with Crippen molar-refractivity contribution in [1.82, 2.24) is 0 Å². The minimum Gasteiger partial charge on any atom is -0.293 e. The number of hydrogen-bond donors (Lipinski definition) is 0. The molecular formula is C31H20N4O12. The topological polar surface area (TPSA) is 241 Å². The molecule has 0 saturated carbocycles. The molecule has 0 spiro atoms. The second-order valence-electron chi connectivity index (χ2n) is 10.0. The maximum Gasteiger partial charge on any atom is 0.269 e. The van der Waals surface area contributed by atoms with Crippen LogP contribution >= 0.6 is 0 Å². The van der Waals surface area contributed by atoms with Gasteiger partial charge in [-0.05, 0) is 55.0 Å². The van der Waals surface area contributed by atoms with Gasteiger partial charge in [0.05, 0.1) is 31.5 Å². The number of carbonyl (C=O) groups is 4. The molecule has 0 radical (unpaired) electrons. The molecule has 0 N–H and O–H groups in total. The van der Waals surface area contributed by atoms with Crippen LogP contribution in [0.15, 0.2) is 97.1 Å². The van der Waals surface area contributed by atoms with Crippen molar-refractivity contribution in [2.24, 2.45) is 11.8 Å². The molecule has 236 valence electrons. The van der Waals surface area contributed by atoms with E-state index in [1.54, 1.807) is 0 Å². The van der Waals surface area contributed by atoms with Crippen molar-refractivity contribution in [2.45, 2.75) is 6.42 Å². The number of Topliss-reactive ketones (excluding diaryl/α,β-unsaturated/α-hetero) is 4. The van der Waals surface area contributed by atoms with E-state index in [0.717, 1.165) is 97.1 Å². The maximum atomic E-state index is 13.8. The molecule has 0 aliphatic carbocycles. The molecule has 0 saturated heterocycles. The molecule has 0 bridgehead atoms. The quantitative estimate of drug-likeness (QED) is 0.0690. The van der Waals surface area contributed by atoms with Crippen LogP contribution in [-0.4, -0.2) is 42.8 Å². The van der Waals surface area contributed by atoms with Crippen LogP contribution in [0.4, 0.5) is 22.7 Å². The van der Waals surface area contributed by atoms with Crippen molar-refractivity contribution in [3.8, 4) is 0 Å². The first-order valence-electron chi connectivity index (χ1n) is 13.4. The number of hydrogen-bond acceptors (Lipinski definition) is 12. The Morgan fingerprint density at radius 1 is 0.383 bits per heavy atom. The van der Waals surface area contributed by atoms with Crippen molar-refractivity contribution in [3.63, 3.8) is 0 Å². The molecular weight excluding hydrogens is 620 g/mol. The zero-order chi connectivity index (χ0) is 34.4. The molecule has 0 fully saturated rings. The summed E-state index contributed by atoms with van der Waals surface area (Å²) in [6.45, 7) is 0. The van der Waals surface area contributed by atoms with E-state index in [9.17, 15) is 59.6 Å². The minimum absolute atomic E-state index is 0.180. The zero-order valence-corrected chi connectivity index (χ0v) is 23.8. The van der Waals surface area contributed by atoms with Crippen LogP contribution in [0.5, 0.6) is 0 Å². The summed E-state index contributed by atoms with van der Waals surface area (Å²) in [6.07, 6.45) is -0.767. The summed E-state index contributed by atoms with van der Waals surface area (Å²) in [7, 11) is 0. The summed E-state index contributed by atoms with van der Waals surface area (Å²) in [6, 6.07) is 16.8. The lowest BCUT2D eigenvalue weighted by Crippen LogP contribution is -2.33. The van der Waals surface area contributed by atoms with Crippen LogP contribution in [0.25, 0.3) is 0 Å². The van der Waals surface area contributed by atoms with Crippen LogP contribution in [0.1, 0.15) is 47.9 Å². The number of nitro groups is 4. The number of ketones is 4. The van der Waals surface area contributed by atoms with Gasteiger partial charge in [0.15, 0.2) is 23.1 Å². The normalized spacial score (nSPS) is 10.8. The summed E-state index contributed by atoms with van der Waals surface area (Å²) in [5.74, 6) is -7.29. The maximum absolute atomic E-state index is 13.8. The van der Waals surface area contributed by atoms with Gasteiger partial charge in [-0.25, -0.2) is 0 Å². The number of benzene rings is 4. The highest BCUT2D eigenvalue weighted by Gasteiger charge is 2.38. The van der Waals surface area contributed by atoms with E-state index >= 15 is 0 Å². The number of rotatable bonds is 14. The van der Waals surface area contributed by atoms with Crippen molar-refractivity contribution in [3.05, 3.63) is 160 Å². The van der Waals surface area contributed by atoms with Gasteiger partial charge in [-0.3, -0.25) is 59.6 Å². The Kier molecular flexibility index (Phi) is 9.74. The molecule has 16 nitrogen and oxygen atoms in total. The first-order chi connectivity index (χ1) is 22.3. The second kappa shape index (κ2) is 13.9. The average Bonchev–Trinajstić information content (AvgIpc) is 3.07. The molecule has 0 unspecified atom stereocenters. The Hall–Kier alpha value is -6.84. The van der Waals surface area contributed by atoms with E-state index in [4.69, 9.17) is 0 Å². The van der Waals surface area contributed by atoms with Gasteiger partial charge in [-0.1, -0.05) is 0 Å². The molecule has 4 aromatic carbocycles. The summed E-state index contributed by atoms with van der Waals surface area (Å²) in [5.41, 5.74) is -2.17. The Balaban J connectivity index is 1.82. The number of non-ortho nitro benzene ring substituents is 4. The van der Waals surface area contributed by atoms with E-state index in [-0.39, 0.29) is 45.0 Å². The van der Waals surface area contributed by atoms with Crippen LogP contribution in [0.2, 0.25) is 0 Å². The fraction of sp³-hybridized carbons (Fsp3) is 0.0968. The lowest BCUT2D eigenvalue weighted by Gasteiger charge is -2.21. The Morgan fingerprint density at radius 3 is 0.702 bits per heavy atom. The molecule has 0 aromatic heterocycles. The summed E-state index contributed by atoms with van der Waals surface area (Å²) in [4.78, 5) is 97.0. The fourth-order valence-electron chi connectivity index (χ4n) is 4.70. The van der Waals surface area contributed by atoms with Gasteiger partial charge in [-0.15, -0.1) is 0 Å². The minimum atomic E-state index is -1.79. The molecule has 47 heavy (non-hydrogen) atoms. The van der Waals surface area contributed by atoms with Crippen LogP contribution in [0.3, 0.4) is 0 Å². The number of nitrogens with zero attached hydrogens (tertiary/aromatic N) is 4. The molecule has 16 heteroatoms. The molecule has 0 aliphatic heterocycles. The van der Waals surface area contributed by atoms with Crippen molar-refractivity contribution >= 4 is 45.9 Å². The summed E-state index contributed by atoms with van der Waals surface area (Å²) in [5, 5.41) is 44.5. The van der Waals surface area contributed by atoms with E-state index in [1.165, 1.54) is 0 Å². The predicted molar refractivity (Wildman–Crippen MR) is 161 cm³/mol. The first kappa shape index (κ1) is 33.1. The predicted octanol–water partition coefficient (Wildman–Crippen LogP) is 5.77. The van der Waals surface area contributed by atoms with Gasteiger partial charge >= 0.3 is 0 Å². The molecule has 0 heterocycles. The van der Waals surface area contributed by atoms with Gasteiger partial charge < -0.3 is 0 Å². The fourth-order valence-corrected chi connectivity index (χ4v) is 4.70. The largest absolute Gasteiger partial charge is 0.293 e. The highest BCUT2D eigenvalue weighted by molar-refractivity contribution is 6.19. The van der Waals surface area contributed by atoms with E-state index in [1.807, 2.05) is 0 Å². The third-order valence-electron chi connectivity index (χ3n) is 7.19. The van der Waals surface area contributed by atoms with Crippen molar-refractivity contribution in [2.75, 3.05) is 0 Å². The highest BCUT2D eigenvalue weighted by atomic mass is 16.6. The molecule has 4 rings (SSSR count). The molecule has 0 atom stereocenters. The second-order valence-corrected chi connectivity index (χ2v) is 10.0. The number of carbonyl (C=O) groups excluding carboxylic acids is 4. The summed E-state index contributed by atoms with van der Waals surface area (Å²) < 4.78 is 0. The van der Waals surface area contributed by atoms with Gasteiger partial charge in [0, 0.05) is 70.8 Å². The van der Waals surface area contributed by atoms with Gasteiger partial charge in [-0.2, -0.15) is 0 Å². The van der Waals surface area contributed by atoms with Crippen molar-refractivity contribution < 1.29 is 38.9 Å². The monoisotopic (exact) mass is 640 g/mol. The SMILES string of the molecule is O=C(c1ccc([N+](=O)[O-])cc1)C(CC(C(=O)c1ccc([N+](=O)[O-])cc1)C(=O)c1ccc([N+](=O)[O-])cc1)C(=O)c1ccc([N+](=O)[O-])cc1. The zero-order valence-electron chi connectivity index (χ0n) is 23.8.